The lowest BCUT2D eigenvalue weighted by Crippen LogP contribution is -2.11. The fourth-order valence-electron chi connectivity index (χ4n) is 4.14. The highest BCUT2D eigenvalue weighted by Crippen LogP contribution is 2.33. The summed E-state index contributed by atoms with van der Waals surface area (Å²) in [6.45, 7) is 2.62. The summed E-state index contributed by atoms with van der Waals surface area (Å²) in [6, 6.07) is 20.7. The predicted octanol–water partition coefficient (Wildman–Crippen LogP) is 7.68. The third kappa shape index (κ3) is 4.90. The number of carbonyl (C=O) groups excluding carboxylic acids is 1. The molecule has 0 saturated carbocycles. The lowest BCUT2D eigenvalue weighted by Gasteiger charge is -2.11. The van der Waals surface area contributed by atoms with E-state index >= 15 is 0 Å². The molecular weight excluding hydrogens is 465 g/mol. The molecule has 5 rings (SSSR count). The van der Waals surface area contributed by atoms with E-state index in [2.05, 4.69) is 6.92 Å². The van der Waals surface area contributed by atoms with Gasteiger partial charge in [0.15, 0.2) is 11.6 Å². The van der Waals surface area contributed by atoms with Gasteiger partial charge in [-0.25, -0.2) is 18.0 Å². The summed E-state index contributed by atoms with van der Waals surface area (Å²) >= 11 is 0. The van der Waals surface area contributed by atoms with Gasteiger partial charge in [0.25, 0.3) is 0 Å². The first kappa shape index (κ1) is 23.8. The van der Waals surface area contributed by atoms with Gasteiger partial charge in [-0.2, -0.15) is 0 Å². The van der Waals surface area contributed by atoms with Gasteiger partial charge in [0, 0.05) is 11.1 Å². The van der Waals surface area contributed by atoms with Crippen LogP contribution in [0.4, 0.5) is 13.2 Å². The highest BCUT2D eigenvalue weighted by Gasteiger charge is 2.26. The van der Waals surface area contributed by atoms with Gasteiger partial charge in [-0.15, -0.1) is 0 Å². The maximum atomic E-state index is 15.0. The molecule has 0 aliphatic carbocycles. The van der Waals surface area contributed by atoms with Gasteiger partial charge in [0.1, 0.15) is 17.7 Å². The largest absolute Gasteiger partial charge is 0.423 e. The molecule has 1 unspecified atom stereocenters. The van der Waals surface area contributed by atoms with Crippen LogP contribution in [-0.2, 0) is 11.2 Å². The minimum atomic E-state index is -0.961. The number of epoxide rings is 1. The Kier molecular flexibility index (Phi) is 6.61. The first-order valence-corrected chi connectivity index (χ1v) is 11.8. The second-order valence-corrected chi connectivity index (χ2v) is 8.71. The van der Waals surface area contributed by atoms with Gasteiger partial charge in [-0.05, 0) is 52.9 Å². The molecule has 182 valence electrons. The van der Waals surface area contributed by atoms with Crippen molar-refractivity contribution in [3.63, 3.8) is 0 Å². The van der Waals surface area contributed by atoms with Gasteiger partial charge < -0.3 is 9.47 Å². The van der Waals surface area contributed by atoms with Crippen LogP contribution in [0.15, 0.2) is 78.9 Å². The Morgan fingerprint density at radius 3 is 1.97 bits per heavy atom. The van der Waals surface area contributed by atoms with E-state index in [1.54, 1.807) is 24.3 Å². The van der Waals surface area contributed by atoms with E-state index in [0.29, 0.717) is 23.3 Å². The first-order valence-electron chi connectivity index (χ1n) is 11.8. The lowest BCUT2D eigenvalue weighted by atomic mass is 9.97. The van der Waals surface area contributed by atoms with E-state index in [1.165, 1.54) is 42.5 Å². The molecule has 0 spiro atoms. The predicted molar refractivity (Wildman–Crippen MR) is 131 cm³/mol. The van der Waals surface area contributed by atoms with Gasteiger partial charge in [-0.3, -0.25) is 0 Å². The van der Waals surface area contributed by atoms with Crippen molar-refractivity contribution in [2.24, 2.45) is 0 Å². The second-order valence-electron chi connectivity index (χ2n) is 8.71. The van der Waals surface area contributed by atoms with Gasteiger partial charge >= 0.3 is 5.97 Å². The molecule has 0 bridgehead atoms. The molecule has 0 radical (unpaired) electrons. The molecule has 6 heteroatoms. The molecule has 0 amide bonds. The molecule has 4 aromatic rings. The van der Waals surface area contributed by atoms with Crippen LogP contribution in [0.5, 0.6) is 5.75 Å². The topological polar surface area (TPSA) is 38.8 Å². The average molecular weight is 489 g/mol. The zero-order valence-electron chi connectivity index (χ0n) is 19.6. The van der Waals surface area contributed by atoms with Crippen LogP contribution in [0.3, 0.4) is 0 Å². The SMILES string of the molecule is CCCc1ccc(-c2ccc(-c3ccc(OC(=O)c4ccc(C5CO5)cc4F)cc3)c(F)c2F)cc1. The Bertz CT molecular complexity index is 1410. The number of aryl methyl sites for hydroxylation is 1. The van der Waals surface area contributed by atoms with Crippen molar-refractivity contribution < 1.29 is 27.4 Å². The highest BCUT2D eigenvalue weighted by atomic mass is 19.2. The van der Waals surface area contributed by atoms with Crippen LogP contribution in [0.25, 0.3) is 22.3 Å². The molecule has 0 N–H and O–H groups in total. The Morgan fingerprint density at radius 1 is 0.861 bits per heavy atom. The van der Waals surface area contributed by atoms with Crippen LogP contribution < -0.4 is 4.74 Å². The minimum absolute atomic E-state index is 0.0839. The quantitative estimate of drug-likeness (QED) is 0.152. The molecule has 36 heavy (non-hydrogen) atoms. The summed E-state index contributed by atoms with van der Waals surface area (Å²) in [5.74, 6) is -3.28. The summed E-state index contributed by atoms with van der Waals surface area (Å²) < 4.78 is 54.7. The van der Waals surface area contributed by atoms with Crippen LogP contribution in [-0.4, -0.2) is 12.6 Å². The Morgan fingerprint density at radius 2 is 1.44 bits per heavy atom. The molecule has 3 nitrogen and oxygen atoms in total. The number of hydrogen-bond donors (Lipinski definition) is 0. The highest BCUT2D eigenvalue weighted by molar-refractivity contribution is 5.91. The summed E-state index contributed by atoms with van der Waals surface area (Å²) in [5.41, 5.74) is 2.90. The maximum absolute atomic E-state index is 15.0. The fraction of sp³-hybridized carbons (Fsp3) is 0.167. The molecule has 1 aliphatic heterocycles. The summed E-state index contributed by atoms with van der Waals surface area (Å²) in [5, 5.41) is 0. The zero-order valence-corrected chi connectivity index (χ0v) is 19.6. The van der Waals surface area contributed by atoms with Crippen molar-refractivity contribution in [3.8, 4) is 28.0 Å². The van der Waals surface area contributed by atoms with E-state index in [4.69, 9.17) is 9.47 Å². The molecule has 1 atom stereocenters. The van der Waals surface area contributed by atoms with Crippen LogP contribution in [0, 0.1) is 17.5 Å². The number of hydrogen-bond acceptors (Lipinski definition) is 3. The molecule has 0 aromatic heterocycles. The van der Waals surface area contributed by atoms with Gasteiger partial charge in [-0.1, -0.05) is 67.9 Å². The number of rotatable bonds is 7. The smallest absolute Gasteiger partial charge is 0.346 e. The molecule has 1 aliphatic rings. The molecule has 4 aromatic carbocycles. The standard InChI is InChI=1S/C30H23F3O3/c1-2-3-18-4-6-19(7-5-18)23-14-15-24(29(33)28(23)32)20-8-11-22(12-9-20)36-30(34)25-13-10-21(16-26(25)31)27-17-35-27/h4-16,27H,2-3,17H2,1H3. The Balaban J connectivity index is 1.32. The van der Waals surface area contributed by atoms with E-state index in [-0.39, 0.29) is 28.5 Å². The number of halogens is 3. The average Bonchev–Trinajstić information content (AvgIpc) is 3.73. The number of esters is 1. The first-order chi connectivity index (χ1) is 17.4. The molecular formula is C30H23F3O3. The molecule has 1 fully saturated rings. The van der Waals surface area contributed by atoms with Crippen LogP contribution >= 0.6 is 0 Å². The Labute approximate surface area is 207 Å². The summed E-state index contributed by atoms with van der Waals surface area (Å²) in [4.78, 5) is 12.4. The van der Waals surface area contributed by atoms with Crippen molar-refractivity contribution in [1.29, 1.82) is 0 Å². The fourth-order valence-corrected chi connectivity index (χ4v) is 4.14. The summed E-state index contributed by atoms with van der Waals surface area (Å²) in [7, 11) is 0. The van der Waals surface area contributed by atoms with Gasteiger partial charge in [0.05, 0.1) is 12.2 Å². The van der Waals surface area contributed by atoms with Crippen molar-refractivity contribution in [3.05, 3.63) is 113 Å². The second kappa shape index (κ2) is 9.99. The van der Waals surface area contributed by atoms with Crippen molar-refractivity contribution in [1.82, 2.24) is 0 Å². The molecule has 1 saturated heterocycles. The monoisotopic (exact) mass is 488 g/mol. The van der Waals surface area contributed by atoms with Crippen molar-refractivity contribution >= 4 is 5.97 Å². The summed E-state index contributed by atoms with van der Waals surface area (Å²) in [6.07, 6.45) is 1.82. The van der Waals surface area contributed by atoms with Gasteiger partial charge in [0.2, 0.25) is 0 Å². The molecule has 1 heterocycles. The van der Waals surface area contributed by atoms with Crippen LogP contribution in [0.1, 0.15) is 40.9 Å². The number of carbonyl (C=O) groups is 1. The zero-order chi connectivity index (χ0) is 25.2. The maximum Gasteiger partial charge on any atom is 0.346 e. The third-order valence-corrected chi connectivity index (χ3v) is 6.18. The minimum Gasteiger partial charge on any atom is -0.423 e. The van der Waals surface area contributed by atoms with Crippen LogP contribution in [0.2, 0.25) is 0 Å². The lowest BCUT2D eigenvalue weighted by molar-refractivity contribution is 0.0730. The third-order valence-electron chi connectivity index (χ3n) is 6.18. The Hall–Kier alpha value is -3.90. The number of benzene rings is 4. The van der Waals surface area contributed by atoms with Crippen molar-refractivity contribution in [2.75, 3.05) is 6.61 Å². The normalized spacial score (nSPS) is 14.5. The van der Waals surface area contributed by atoms with E-state index in [0.717, 1.165) is 18.4 Å². The van der Waals surface area contributed by atoms with E-state index < -0.39 is 23.4 Å². The van der Waals surface area contributed by atoms with E-state index in [1.807, 2.05) is 12.1 Å². The number of ether oxygens (including phenoxy) is 2. The van der Waals surface area contributed by atoms with Crippen molar-refractivity contribution in [2.45, 2.75) is 25.9 Å². The van der Waals surface area contributed by atoms with E-state index in [9.17, 15) is 18.0 Å².